The average molecular weight is 406 g/mol. The fourth-order valence-electron chi connectivity index (χ4n) is 3.24. The van der Waals surface area contributed by atoms with E-state index in [4.69, 9.17) is 4.99 Å². The van der Waals surface area contributed by atoms with Crippen molar-refractivity contribution in [1.29, 1.82) is 0 Å². The average Bonchev–Trinajstić information content (AvgIpc) is 3.13. The summed E-state index contributed by atoms with van der Waals surface area (Å²) in [6, 6.07) is 29.4. The van der Waals surface area contributed by atoms with Crippen LogP contribution in [0.4, 0.5) is 0 Å². The fourth-order valence-corrected chi connectivity index (χ4v) is 3.66. The Labute approximate surface area is 162 Å². The van der Waals surface area contributed by atoms with E-state index in [0.29, 0.717) is 0 Å². The quantitative estimate of drug-likeness (QED) is 0.641. The maximum Gasteiger partial charge on any atom is 0.192 e. The molecule has 0 aliphatic carbocycles. The van der Waals surface area contributed by atoms with Crippen molar-refractivity contribution in [2.24, 2.45) is 4.99 Å². The third-order valence-corrected chi connectivity index (χ3v) is 5.35. The first-order valence-corrected chi connectivity index (χ1v) is 9.52. The molecular formula is C22H20BrN3. The number of aliphatic imine (C=N–C) groups is 1. The lowest BCUT2D eigenvalue weighted by Crippen LogP contribution is -2.35. The van der Waals surface area contributed by atoms with E-state index < -0.39 is 0 Å². The summed E-state index contributed by atoms with van der Waals surface area (Å²) in [7, 11) is 0. The molecule has 1 aliphatic rings. The number of rotatable bonds is 4. The van der Waals surface area contributed by atoms with Crippen LogP contribution >= 0.6 is 15.9 Å². The number of nitrogens with one attached hydrogen (secondary N) is 2. The smallest absolute Gasteiger partial charge is 0.192 e. The number of guanidine groups is 1. The topological polar surface area (TPSA) is 36.4 Å². The Kier molecular flexibility index (Phi) is 5.02. The molecule has 2 N–H and O–H groups in total. The predicted molar refractivity (Wildman–Crippen MR) is 110 cm³/mol. The molecule has 0 spiro atoms. The lowest BCUT2D eigenvalue weighted by Gasteiger charge is -2.19. The van der Waals surface area contributed by atoms with E-state index in [1.807, 2.05) is 24.3 Å². The third-order valence-electron chi connectivity index (χ3n) is 4.58. The molecular weight excluding hydrogens is 386 g/mol. The standard InChI is InChI=1S/C22H20BrN3/c23-19-14-8-7-13-18(19)15-24-22-25-20(16-9-3-1-4-10-16)21(26-22)17-11-5-2-6-12-17/h1-14,20-21H,15H2,(H2,24,25,26)/t20-,21+. The molecule has 0 aromatic heterocycles. The van der Waals surface area contributed by atoms with Crippen molar-refractivity contribution < 1.29 is 0 Å². The van der Waals surface area contributed by atoms with Gasteiger partial charge in [-0.25, -0.2) is 4.99 Å². The molecule has 4 heteroatoms. The van der Waals surface area contributed by atoms with Gasteiger partial charge in [0, 0.05) is 11.0 Å². The molecule has 130 valence electrons. The second-order valence-electron chi connectivity index (χ2n) is 6.31. The van der Waals surface area contributed by atoms with Gasteiger partial charge in [-0.1, -0.05) is 94.8 Å². The van der Waals surface area contributed by atoms with Crippen LogP contribution < -0.4 is 10.6 Å². The van der Waals surface area contributed by atoms with E-state index in [1.165, 1.54) is 16.7 Å². The van der Waals surface area contributed by atoms with Gasteiger partial charge in [-0.3, -0.25) is 0 Å². The third kappa shape index (κ3) is 3.65. The summed E-state index contributed by atoms with van der Waals surface area (Å²) in [5.41, 5.74) is 3.66. The van der Waals surface area contributed by atoms with Gasteiger partial charge in [0.15, 0.2) is 5.96 Å². The molecule has 3 nitrogen and oxygen atoms in total. The van der Waals surface area contributed by atoms with Crippen LogP contribution in [0.2, 0.25) is 0 Å². The number of halogens is 1. The van der Waals surface area contributed by atoms with Gasteiger partial charge in [0.2, 0.25) is 0 Å². The van der Waals surface area contributed by atoms with Crippen molar-refractivity contribution in [3.05, 3.63) is 106 Å². The highest BCUT2D eigenvalue weighted by Crippen LogP contribution is 2.35. The summed E-state index contributed by atoms with van der Waals surface area (Å²) in [5.74, 6) is 0.837. The minimum Gasteiger partial charge on any atom is -0.352 e. The molecule has 0 saturated carbocycles. The van der Waals surface area contributed by atoms with Gasteiger partial charge in [-0.05, 0) is 22.8 Å². The Bertz CT molecular complexity index is 894. The largest absolute Gasteiger partial charge is 0.352 e. The van der Waals surface area contributed by atoms with Crippen molar-refractivity contribution in [3.8, 4) is 0 Å². The first-order chi connectivity index (χ1) is 12.8. The van der Waals surface area contributed by atoms with Crippen molar-refractivity contribution in [2.75, 3.05) is 0 Å². The van der Waals surface area contributed by atoms with Crippen molar-refractivity contribution in [2.45, 2.75) is 18.6 Å². The monoisotopic (exact) mass is 405 g/mol. The van der Waals surface area contributed by atoms with Gasteiger partial charge in [-0.2, -0.15) is 0 Å². The van der Waals surface area contributed by atoms with Gasteiger partial charge >= 0.3 is 0 Å². The van der Waals surface area contributed by atoms with Gasteiger partial charge in [-0.15, -0.1) is 0 Å². The molecule has 0 radical (unpaired) electrons. The molecule has 3 aromatic carbocycles. The summed E-state index contributed by atoms with van der Waals surface area (Å²) >= 11 is 3.60. The van der Waals surface area contributed by atoms with Crippen LogP contribution in [-0.2, 0) is 6.54 Å². The highest BCUT2D eigenvalue weighted by molar-refractivity contribution is 9.10. The van der Waals surface area contributed by atoms with E-state index in [-0.39, 0.29) is 12.1 Å². The second-order valence-corrected chi connectivity index (χ2v) is 7.17. The number of benzene rings is 3. The first kappa shape index (κ1) is 16.9. The highest BCUT2D eigenvalue weighted by Gasteiger charge is 2.31. The summed E-state index contributed by atoms with van der Waals surface area (Å²) in [5, 5.41) is 7.02. The predicted octanol–water partition coefficient (Wildman–Crippen LogP) is 4.98. The molecule has 0 fully saturated rings. The van der Waals surface area contributed by atoms with E-state index >= 15 is 0 Å². The van der Waals surface area contributed by atoms with Crippen LogP contribution in [0.1, 0.15) is 28.8 Å². The van der Waals surface area contributed by atoms with Crippen LogP contribution in [0.3, 0.4) is 0 Å². The normalized spacial score (nSPS) is 18.9. The lowest BCUT2D eigenvalue weighted by molar-refractivity contribution is 0.570. The van der Waals surface area contributed by atoms with Crippen LogP contribution in [0.15, 0.2) is 94.4 Å². The Balaban J connectivity index is 1.57. The van der Waals surface area contributed by atoms with E-state index in [2.05, 4.69) is 87.2 Å². The van der Waals surface area contributed by atoms with E-state index in [9.17, 15) is 0 Å². The SMILES string of the molecule is Brc1ccccc1CNC1=N[C@@H](c2ccccc2)[C@@H](c2ccccc2)N1. The van der Waals surface area contributed by atoms with Crippen molar-refractivity contribution in [1.82, 2.24) is 10.6 Å². The summed E-state index contributed by atoms with van der Waals surface area (Å²) in [4.78, 5) is 4.94. The van der Waals surface area contributed by atoms with Gasteiger partial charge < -0.3 is 10.6 Å². The minimum atomic E-state index is 0.0558. The van der Waals surface area contributed by atoms with Crippen LogP contribution in [-0.4, -0.2) is 5.96 Å². The van der Waals surface area contributed by atoms with Crippen LogP contribution in [0.5, 0.6) is 0 Å². The van der Waals surface area contributed by atoms with Crippen LogP contribution in [0.25, 0.3) is 0 Å². The number of nitrogens with zero attached hydrogens (tertiary/aromatic N) is 1. The van der Waals surface area contributed by atoms with Crippen molar-refractivity contribution >= 4 is 21.9 Å². The Morgan fingerprint density at radius 2 is 1.42 bits per heavy atom. The molecule has 0 bridgehead atoms. The Morgan fingerprint density at radius 1 is 0.808 bits per heavy atom. The summed E-state index contributed by atoms with van der Waals surface area (Å²) in [6.45, 7) is 0.719. The molecule has 4 rings (SSSR count). The van der Waals surface area contributed by atoms with E-state index in [0.717, 1.165) is 17.0 Å². The van der Waals surface area contributed by atoms with Gasteiger partial charge in [0.05, 0.1) is 6.04 Å². The Hall–Kier alpha value is -2.59. The molecule has 2 atom stereocenters. The molecule has 1 heterocycles. The van der Waals surface area contributed by atoms with Gasteiger partial charge in [0.25, 0.3) is 0 Å². The van der Waals surface area contributed by atoms with Crippen molar-refractivity contribution in [3.63, 3.8) is 0 Å². The highest BCUT2D eigenvalue weighted by atomic mass is 79.9. The minimum absolute atomic E-state index is 0.0558. The molecule has 26 heavy (non-hydrogen) atoms. The van der Waals surface area contributed by atoms with E-state index in [1.54, 1.807) is 0 Å². The lowest BCUT2D eigenvalue weighted by atomic mass is 9.95. The van der Waals surface area contributed by atoms with Gasteiger partial charge in [0.1, 0.15) is 6.04 Å². The summed E-state index contributed by atoms with van der Waals surface area (Å²) in [6.07, 6.45) is 0. The molecule has 0 saturated heterocycles. The fraction of sp³-hybridized carbons (Fsp3) is 0.136. The zero-order chi connectivity index (χ0) is 17.8. The molecule has 3 aromatic rings. The molecule has 1 aliphatic heterocycles. The first-order valence-electron chi connectivity index (χ1n) is 8.73. The Morgan fingerprint density at radius 3 is 2.12 bits per heavy atom. The summed E-state index contributed by atoms with van der Waals surface area (Å²) < 4.78 is 1.10. The van der Waals surface area contributed by atoms with Crippen LogP contribution in [0, 0.1) is 0 Å². The molecule has 0 unspecified atom stereocenters. The molecule has 0 amide bonds. The maximum absolute atomic E-state index is 4.94. The zero-order valence-electron chi connectivity index (χ0n) is 14.3. The second kappa shape index (κ2) is 7.75. The zero-order valence-corrected chi connectivity index (χ0v) is 15.9. The number of hydrogen-bond acceptors (Lipinski definition) is 3. The maximum atomic E-state index is 4.94. The number of hydrogen-bond donors (Lipinski definition) is 2.